The molecule has 28 heavy (non-hydrogen) atoms. The van der Waals surface area contributed by atoms with Crippen molar-refractivity contribution in [3.63, 3.8) is 0 Å². The van der Waals surface area contributed by atoms with Gasteiger partial charge >= 0.3 is 0 Å². The molecule has 6 heteroatoms. The van der Waals surface area contributed by atoms with Gasteiger partial charge in [-0.05, 0) is 49.2 Å². The van der Waals surface area contributed by atoms with Crippen LogP contribution in [0.25, 0.3) is 0 Å². The molecule has 3 rings (SSSR count). The zero-order valence-corrected chi connectivity index (χ0v) is 16.3. The van der Waals surface area contributed by atoms with Crippen molar-refractivity contribution >= 4 is 5.91 Å². The number of carbonyl (C=O) groups is 1. The highest BCUT2D eigenvalue weighted by atomic mass is 16.5. The fourth-order valence-electron chi connectivity index (χ4n) is 2.70. The largest absolute Gasteiger partial charge is 0.492 e. The van der Waals surface area contributed by atoms with E-state index >= 15 is 0 Å². The zero-order valence-electron chi connectivity index (χ0n) is 16.3. The average molecular weight is 377 g/mol. The molecule has 0 saturated heterocycles. The first kappa shape index (κ1) is 19.4. The second-order valence-electron chi connectivity index (χ2n) is 6.55. The minimum atomic E-state index is -0.220. The standard InChI is InChI=1S/C22H23N3O3/c1-16-11-17(2)13-19(12-16)27-10-9-25(3)22(26)20-14-24-21(15-23-20)28-18-7-5-4-6-8-18/h4-8,11-15H,9-10H2,1-3H3. The van der Waals surface area contributed by atoms with Crippen LogP contribution in [0.15, 0.2) is 60.9 Å². The topological polar surface area (TPSA) is 64.5 Å². The molecule has 1 amide bonds. The van der Waals surface area contributed by atoms with Crippen molar-refractivity contribution < 1.29 is 14.3 Å². The predicted molar refractivity (Wildman–Crippen MR) is 107 cm³/mol. The highest BCUT2D eigenvalue weighted by Crippen LogP contribution is 2.18. The number of rotatable bonds is 7. The molecule has 0 saturated carbocycles. The van der Waals surface area contributed by atoms with Crippen LogP contribution >= 0.6 is 0 Å². The van der Waals surface area contributed by atoms with Gasteiger partial charge in [-0.25, -0.2) is 9.97 Å². The van der Waals surface area contributed by atoms with Crippen LogP contribution < -0.4 is 9.47 Å². The SMILES string of the molecule is Cc1cc(C)cc(OCCN(C)C(=O)c2cnc(Oc3ccccc3)cn2)c1. The first-order chi connectivity index (χ1) is 13.5. The third-order valence-electron chi connectivity index (χ3n) is 4.05. The van der Waals surface area contributed by atoms with Crippen LogP contribution in [0.4, 0.5) is 0 Å². The molecule has 0 aliphatic heterocycles. The van der Waals surface area contributed by atoms with Gasteiger partial charge in [0.25, 0.3) is 5.91 Å². The van der Waals surface area contributed by atoms with Crippen LogP contribution in [0.1, 0.15) is 21.6 Å². The normalized spacial score (nSPS) is 10.4. The van der Waals surface area contributed by atoms with E-state index in [2.05, 4.69) is 16.0 Å². The van der Waals surface area contributed by atoms with Crippen LogP contribution in [-0.4, -0.2) is 41.0 Å². The molecule has 0 radical (unpaired) electrons. The number of hydrogen-bond donors (Lipinski definition) is 0. The number of hydrogen-bond acceptors (Lipinski definition) is 5. The third kappa shape index (κ3) is 5.30. The average Bonchev–Trinajstić information content (AvgIpc) is 2.68. The van der Waals surface area contributed by atoms with Crippen molar-refractivity contribution in [1.29, 1.82) is 0 Å². The Morgan fingerprint density at radius 3 is 2.32 bits per heavy atom. The summed E-state index contributed by atoms with van der Waals surface area (Å²) in [6, 6.07) is 15.3. The van der Waals surface area contributed by atoms with Crippen LogP contribution in [0.2, 0.25) is 0 Å². The summed E-state index contributed by atoms with van der Waals surface area (Å²) in [4.78, 5) is 22.4. The summed E-state index contributed by atoms with van der Waals surface area (Å²) in [5, 5.41) is 0. The first-order valence-corrected chi connectivity index (χ1v) is 9.03. The van der Waals surface area contributed by atoms with E-state index in [-0.39, 0.29) is 11.6 Å². The summed E-state index contributed by atoms with van der Waals surface area (Å²) >= 11 is 0. The van der Waals surface area contributed by atoms with Crippen molar-refractivity contribution in [2.75, 3.05) is 20.2 Å². The minimum Gasteiger partial charge on any atom is -0.492 e. The van der Waals surface area contributed by atoms with E-state index < -0.39 is 0 Å². The van der Waals surface area contributed by atoms with Gasteiger partial charge < -0.3 is 14.4 Å². The lowest BCUT2D eigenvalue weighted by Gasteiger charge is -2.17. The summed E-state index contributed by atoms with van der Waals surface area (Å²) < 4.78 is 11.3. The maximum atomic E-state index is 12.5. The maximum Gasteiger partial charge on any atom is 0.273 e. The lowest BCUT2D eigenvalue weighted by atomic mass is 10.1. The van der Waals surface area contributed by atoms with Gasteiger partial charge in [0.05, 0.1) is 18.9 Å². The van der Waals surface area contributed by atoms with Gasteiger partial charge in [0.1, 0.15) is 23.8 Å². The van der Waals surface area contributed by atoms with E-state index in [1.165, 1.54) is 12.4 Å². The number of nitrogens with zero attached hydrogens (tertiary/aromatic N) is 3. The number of benzene rings is 2. The van der Waals surface area contributed by atoms with Crippen molar-refractivity contribution in [3.05, 3.63) is 77.7 Å². The van der Waals surface area contributed by atoms with Gasteiger partial charge in [-0.15, -0.1) is 0 Å². The summed E-state index contributed by atoms with van der Waals surface area (Å²) in [6.07, 6.45) is 2.86. The summed E-state index contributed by atoms with van der Waals surface area (Å²) in [6.45, 7) is 4.89. The second kappa shape index (κ2) is 8.99. The maximum absolute atomic E-state index is 12.5. The first-order valence-electron chi connectivity index (χ1n) is 9.03. The van der Waals surface area contributed by atoms with E-state index in [1.54, 1.807) is 11.9 Å². The second-order valence-corrected chi connectivity index (χ2v) is 6.55. The Balaban J connectivity index is 1.52. The fourth-order valence-corrected chi connectivity index (χ4v) is 2.70. The highest BCUT2D eigenvalue weighted by Gasteiger charge is 2.14. The molecule has 3 aromatic rings. The van der Waals surface area contributed by atoms with Gasteiger partial charge in [-0.3, -0.25) is 4.79 Å². The summed E-state index contributed by atoms with van der Waals surface area (Å²) in [5.74, 6) is 1.59. The van der Waals surface area contributed by atoms with E-state index in [0.29, 0.717) is 24.8 Å². The molecule has 0 aliphatic rings. The molecule has 0 N–H and O–H groups in total. The Morgan fingerprint density at radius 1 is 0.964 bits per heavy atom. The third-order valence-corrected chi connectivity index (χ3v) is 4.05. The Bertz CT molecular complexity index is 907. The van der Waals surface area contributed by atoms with Crippen LogP contribution in [0, 0.1) is 13.8 Å². The summed E-state index contributed by atoms with van der Waals surface area (Å²) in [5.41, 5.74) is 2.55. The highest BCUT2D eigenvalue weighted by molar-refractivity contribution is 5.91. The number of aromatic nitrogens is 2. The Labute approximate surface area is 164 Å². The summed E-state index contributed by atoms with van der Waals surface area (Å²) in [7, 11) is 1.71. The van der Waals surface area contributed by atoms with Gasteiger partial charge in [0.2, 0.25) is 5.88 Å². The molecule has 0 atom stereocenters. The Hall–Kier alpha value is -3.41. The fraction of sp³-hybridized carbons (Fsp3) is 0.227. The van der Waals surface area contributed by atoms with Crippen molar-refractivity contribution in [2.45, 2.75) is 13.8 Å². The van der Waals surface area contributed by atoms with Gasteiger partial charge in [-0.1, -0.05) is 24.3 Å². The van der Waals surface area contributed by atoms with E-state index in [0.717, 1.165) is 16.9 Å². The van der Waals surface area contributed by atoms with Crippen LogP contribution in [0.5, 0.6) is 17.4 Å². The number of para-hydroxylation sites is 1. The molecule has 0 unspecified atom stereocenters. The number of carbonyl (C=O) groups excluding carboxylic acids is 1. The lowest BCUT2D eigenvalue weighted by molar-refractivity contribution is 0.0767. The van der Waals surface area contributed by atoms with Crippen LogP contribution in [-0.2, 0) is 0 Å². The quantitative estimate of drug-likeness (QED) is 0.622. The van der Waals surface area contributed by atoms with Crippen molar-refractivity contribution in [2.24, 2.45) is 0 Å². The van der Waals surface area contributed by atoms with Gasteiger partial charge in [0.15, 0.2) is 0 Å². The molecule has 2 aromatic carbocycles. The van der Waals surface area contributed by atoms with E-state index in [9.17, 15) is 4.79 Å². The molecular formula is C22H23N3O3. The van der Waals surface area contributed by atoms with Crippen molar-refractivity contribution in [1.82, 2.24) is 14.9 Å². The molecule has 0 aliphatic carbocycles. The zero-order chi connectivity index (χ0) is 19.9. The van der Waals surface area contributed by atoms with E-state index in [4.69, 9.17) is 9.47 Å². The molecule has 0 fully saturated rings. The molecule has 1 aromatic heterocycles. The van der Waals surface area contributed by atoms with Crippen molar-refractivity contribution in [3.8, 4) is 17.4 Å². The molecule has 1 heterocycles. The minimum absolute atomic E-state index is 0.220. The molecule has 144 valence electrons. The monoisotopic (exact) mass is 377 g/mol. The smallest absolute Gasteiger partial charge is 0.273 e. The number of likely N-dealkylation sites (N-methyl/N-ethyl adjacent to an activating group) is 1. The van der Waals surface area contributed by atoms with Crippen LogP contribution in [0.3, 0.4) is 0 Å². The predicted octanol–water partition coefficient (Wildman–Crippen LogP) is 4.04. The molecule has 6 nitrogen and oxygen atoms in total. The molecule has 0 spiro atoms. The lowest BCUT2D eigenvalue weighted by Crippen LogP contribution is -2.31. The number of amides is 1. The van der Waals surface area contributed by atoms with E-state index in [1.807, 2.05) is 56.3 Å². The van der Waals surface area contributed by atoms with Gasteiger partial charge in [0, 0.05) is 7.05 Å². The molecule has 0 bridgehead atoms. The Morgan fingerprint density at radius 2 is 1.68 bits per heavy atom. The van der Waals surface area contributed by atoms with Gasteiger partial charge in [-0.2, -0.15) is 0 Å². The Kier molecular flexibility index (Phi) is 6.22. The number of aryl methyl sites for hydroxylation is 2. The number of ether oxygens (including phenoxy) is 2. The molecular weight excluding hydrogens is 354 g/mol.